The lowest BCUT2D eigenvalue weighted by atomic mass is 10.1. The minimum Gasteiger partial charge on any atom is -0.496 e. The zero-order chi connectivity index (χ0) is 21.4. The average molecular weight is 431 g/mol. The molecule has 1 saturated heterocycles. The van der Waals surface area contributed by atoms with Gasteiger partial charge in [-0.15, -0.1) is 0 Å². The minimum absolute atomic E-state index is 0.0581. The molecular weight excluding hydrogens is 400 g/mol. The first-order valence-electron chi connectivity index (χ1n) is 10.5. The van der Waals surface area contributed by atoms with Crippen LogP contribution in [0.5, 0.6) is 5.75 Å². The fraction of sp³-hybridized carbons (Fsp3) is 0.435. The Balaban J connectivity index is 1.60. The van der Waals surface area contributed by atoms with E-state index in [1.54, 1.807) is 29.6 Å². The first-order chi connectivity index (χ1) is 14.5. The van der Waals surface area contributed by atoms with Crippen LogP contribution in [0, 0.1) is 0 Å². The van der Waals surface area contributed by atoms with E-state index < -0.39 is 10.0 Å². The molecule has 3 rings (SSSR count). The van der Waals surface area contributed by atoms with Crippen molar-refractivity contribution in [2.45, 2.75) is 43.4 Å². The highest BCUT2D eigenvalue weighted by Gasteiger charge is 2.26. The van der Waals surface area contributed by atoms with E-state index in [1.807, 2.05) is 30.3 Å². The summed E-state index contributed by atoms with van der Waals surface area (Å²) in [7, 11) is -1.96. The molecule has 1 heterocycles. The number of aryl methyl sites for hydroxylation is 1. The topological polar surface area (TPSA) is 75.7 Å². The van der Waals surface area contributed by atoms with Gasteiger partial charge in [0.25, 0.3) is 0 Å². The Morgan fingerprint density at radius 2 is 1.77 bits per heavy atom. The Morgan fingerprint density at radius 3 is 2.47 bits per heavy atom. The summed E-state index contributed by atoms with van der Waals surface area (Å²) < 4.78 is 32.9. The van der Waals surface area contributed by atoms with Gasteiger partial charge in [0.05, 0.1) is 12.0 Å². The lowest BCUT2D eigenvalue weighted by Gasteiger charge is -2.26. The Labute approximate surface area is 179 Å². The number of amides is 1. The summed E-state index contributed by atoms with van der Waals surface area (Å²) in [5.74, 6) is 0.543. The van der Waals surface area contributed by atoms with Crippen LogP contribution in [0.15, 0.2) is 53.4 Å². The molecule has 2 aromatic rings. The molecule has 30 heavy (non-hydrogen) atoms. The number of benzene rings is 2. The van der Waals surface area contributed by atoms with E-state index in [1.165, 1.54) is 5.56 Å². The van der Waals surface area contributed by atoms with Crippen LogP contribution in [0.25, 0.3) is 0 Å². The highest BCUT2D eigenvalue weighted by Crippen LogP contribution is 2.27. The number of piperidine rings is 1. The number of carbonyl (C=O) groups is 1. The third-order valence-corrected chi connectivity index (χ3v) is 7.30. The maximum Gasteiger partial charge on any atom is 0.243 e. The first kappa shape index (κ1) is 22.3. The predicted octanol–water partition coefficient (Wildman–Crippen LogP) is 3.16. The van der Waals surface area contributed by atoms with Crippen LogP contribution in [0.2, 0.25) is 0 Å². The van der Waals surface area contributed by atoms with Gasteiger partial charge in [0, 0.05) is 26.1 Å². The van der Waals surface area contributed by atoms with E-state index in [2.05, 4.69) is 5.32 Å². The highest BCUT2D eigenvalue weighted by atomic mass is 32.2. The number of nitrogens with one attached hydrogen (secondary N) is 1. The van der Waals surface area contributed by atoms with Crippen LogP contribution < -0.4 is 10.1 Å². The van der Waals surface area contributed by atoms with Crippen LogP contribution in [0.4, 0.5) is 0 Å². The van der Waals surface area contributed by atoms with Gasteiger partial charge in [0.15, 0.2) is 0 Å². The molecule has 0 aliphatic carbocycles. The zero-order valence-corrected chi connectivity index (χ0v) is 18.3. The molecule has 7 heteroatoms. The molecule has 1 aliphatic heterocycles. The number of sulfonamides is 1. The molecule has 1 N–H and O–H groups in total. The van der Waals surface area contributed by atoms with Crippen LogP contribution in [-0.4, -0.2) is 45.4 Å². The Morgan fingerprint density at radius 1 is 1.03 bits per heavy atom. The van der Waals surface area contributed by atoms with E-state index in [-0.39, 0.29) is 17.2 Å². The number of hydrogen-bond donors (Lipinski definition) is 1. The van der Waals surface area contributed by atoms with Crippen molar-refractivity contribution in [1.29, 1.82) is 0 Å². The van der Waals surface area contributed by atoms with Crippen LogP contribution in [0.3, 0.4) is 0 Å². The van der Waals surface area contributed by atoms with Crippen molar-refractivity contribution in [3.63, 3.8) is 0 Å². The van der Waals surface area contributed by atoms with Gasteiger partial charge in [0.2, 0.25) is 15.9 Å². The van der Waals surface area contributed by atoms with Gasteiger partial charge in [-0.1, -0.05) is 36.8 Å². The monoisotopic (exact) mass is 430 g/mol. The average Bonchev–Trinajstić information content (AvgIpc) is 2.78. The first-order valence-corrected chi connectivity index (χ1v) is 11.9. The summed E-state index contributed by atoms with van der Waals surface area (Å²) in [4.78, 5) is 12.5. The fourth-order valence-electron chi connectivity index (χ4n) is 3.69. The summed E-state index contributed by atoms with van der Waals surface area (Å²) in [6, 6.07) is 14.9. The predicted molar refractivity (Wildman–Crippen MR) is 117 cm³/mol. The fourth-order valence-corrected chi connectivity index (χ4v) is 5.26. The summed E-state index contributed by atoms with van der Waals surface area (Å²) in [5.41, 5.74) is 1.91. The molecule has 1 amide bonds. The summed E-state index contributed by atoms with van der Waals surface area (Å²) in [6.45, 7) is 1.70. The standard InChI is InChI=1S/C23H30N2O4S/c1-29-22-12-11-21(30(27,28)25-16-6-3-7-17-25)18-20(22)10-13-23(26)24-15-14-19-8-4-2-5-9-19/h2,4-5,8-9,11-12,18H,3,6-7,10,13-17H2,1H3,(H,24,26). The third-order valence-electron chi connectivity index (χ3n) is 5.40. The smallest absolute Gasteiger partial charge is 0.243 e. The number of carbonyl (C=O) groups excluding carboxylic acids is 1. The van der Waals surface area contributed by atoms with E-state index in [0.717, 1.165) is 31.2 Å². The van der Waals surface area contributed by atoms with Crippen LogP contribution in [0.1, 0.15) is 36.8 Å². The second-order valence-electron chi connectivity index (χ2n) is 7.52. The van der Waals surface area contributed by atoms with Crippen molar-refractivity contribution in [2.24, 2.45) is 0 Å². The lowest BCUT2D eigenvalue weighted by molar-refractivity contribution is -0.121. The molecule has 0 aromatic heterocycles. The van der Waals surface area contributed by atoms with Crippen molar-refractivity contribution >= 4 is 15.9 Å². The Hall–Kier alpha value is -2.38. The summed E-state index contributed by atoms with van der Waals surface area (Å²) in [5, 5.41) is 2.93. The number of ether oxygens (including phenoxy) is 1. The maximum absolute atomic E-state index is 13.0. The third kappa shape index (κ3) is 5.83. The van der Waals surface area contributed by atoms with Gasteiger partial charge in [-0.25, -0.2) is 8.42 Å². The van der Waals surface area contributed by atoms with Crippen molar-refractivity contribution < 1.29 is 17.9 Å². The second-order valence-corrected chi connectivity index (χ2v) is 9.46. The second kappa shape index (κ2) is 10.6. The van der Waals surface area contributed by atoms with E-state index in [0.29, 0.717) is 31.8 Å². The summed E-state index contributed by atoms with van der Waals surface area (Å²) >= 11 is 0. The Kier molecular flexibility index (Phi) is 7.87. The Bertz CT molecular complexity index is 939. The zero-order valence-electron chi connectivity index (χ0n) is 17.5. The number of rotatable bonds is 9. The quantitative estimate of drug-likeness (QED) is 0.663. The highest BCUT2D eigenvalue weighted by molar-refractivity contribution is 7.89. The molecule has 0 radical (unpaired) electrons. The van der Waals surface area contributed by atoms with Crippen molar-refractivity contribution in [2.75, 3.05) is 26.7 Å². The van der Waals surface area contributed by atoms with Gasteiger partial charge in [0.1, 0.15) is 5.75 Å². The summed E-state index contributed by atoms with van der Waals surface area (Å²) in [6.07, 6.45) is 4.33. The normalized spacial score (nSPS) is 15.0. The largest absolute Gasteiger partial charge is 0.496 e. The number of nitrogens with zero attached hydrogens (tertiary/aromatic N) is 1. The van der Waals surface area contributed by atoms with Crippen LogP contribution in [-0.2, 0) is 27.7 Å². The maximum atomic E-state index is 13.0. The molecule has 6 nitrogen and oxygen atoms in total. The molecule has 1 fully saturated rings. The van der Waals surface area contributed by atoms with Gasteiger partial charge in [-0.05, 0) is 55.0 Å². The molecule has 0 bridgehead atoms. The number of hydrogen-bond acceptors (Lipinski definition) is 4. The van der Waals surface area contributed by atoms with Gasteiger partial charge < -0.3 is 10.1 Å². The lowest BCUT2D eigenvalue weighted by Crippen LogP contribution is -2.35. The molecule has 0 unspecified atom stereocenters. The van der Waals surface area contributed by atoms with Crippen LogP contribution >= 0.6 is 0 Å². The van der Waals surface area contributed by atoms with Gasteiger partial charge in [-0.3, -0.25) is 4.79 Å². The van der Waals surface area contributed by atoms with Gasteiger partial charge >= 0.3 is 0 Å². The van der Waals surface area contributed by atoms with Crippen molar-refractivity contribution in [3.05, 3.63) is 59.7 Å². The SMILES string of the molecule is COc1ccc(S(=O)(=O)N2CCCCC2)cc1CCC(=O)NCCc1ccccc1. The van der Waals surface area contributed by atoms with E-state index in [9.17, 15) is 13.2 Å². The molecule has 162 valence electrons. The molecule has 0 saturated carbocycles. The van der Waals surface area contributed by atoms with Gasteiger partial charge in [-0.2, -0.15) is 4.31 Å². The minimum atomic E-state index is -3.52. The molecule has 1 aliphatic rings. The van der Waals surface area contributed by atoms with E-state index in [4.69, 9.17) is 4.74 Å². The molecular formula is C23H30N2O4S. The number of methoxy groups -OCH3 is 1. The molecule has 0 spiro atoms. The molecule has 2 aromatic carbocycles. The molecule has 0 atom stereocenters. The van der Waals surface area contributed by atoms with Crippen molar-refractivity contribution in [1.82, 2.24) is 9.62 Å². The van der Waals surface area contributed by atoms with Crippen molar-refractivity contribution in [3.8, 4) is 5.75 Å². The van der Waals surface area contributed by atoms with E-state index >= 15 is 0 Å².